The maximum atomic E-state index is 14.5. The normalized spacial score (nSPS) is 11.5. The number of rotatable bonds is 10. The van der Waals surface area contributed by atoms with Crippen LogP contribution in [0.2, 0.25) is 0 Å². The van der Waals surface area contributed by atoms with Gasteiger partial charge in [0, 0.05) is 34.4 Å². The lowest BCUT2D eigenvalue weighted by Gasteiger charge is -2.16. The van der Waals surface area contributed by atoms with Gasteiger partial charge < -0.3 is 14.2 Å². The van der Waals surface area contributed by atoms with Crippen LogP contribution in [-0.2, 0) is 18.5 Å². The average Bonchev–Trinajstić information content (AvgIpc) is 3.40. The highest BCUT2D eigenvalue weighted by Gasteiger charge is 2.34. The molecule has 0 N–H and O–H groups in total. The number of aromatic nitrogens is 4. The van der Waals surface area contributed by atoms with Crippen LogP contribution in [0.1, 0.15) is 11.1 Å². The molecule has 0 saturated heterocycles. The Balaban J connectivity index is 1.63. The molecule has 43 heavy (non-hydrogen) atoms. The third-order valence-electron chi connectivity index (χ3n) is 6.72. The van der Waals surface area contributed by atoms with Crippen molar-refractivity contribution in [2.75, 3.05) is 21.3 Å². The van der Waals surface area contributed by atoms with Crippen LogP contribution in [-0.4, -0.2) is 41.1 Å². The summed E-state index contributed by atoms with van der Waals surface area (Å²) in [5, 5.41) is 9.79. The quantitative estimate of drug-likeness (QED) is 0.0907. The van der Waals surface area contributed by atoms with Crippen molar-refractivity contribution < 1.29 is 31.8 Å². The molecule has 2 aromatic heterocycles. The highest BCUT2D eigenvalue weighted by atomic mass is 32.2. The largest absolute Gasteiger partial charge is 0.493 e. The zero-order valence-electron chi connectivity index (χ0n) is 23.4. The van der Waals surface area contributed by atoms with E-state index in [1.807, 2.05) is 30.3 Å². The molecule has 2 heterocycles. The number of nitrogens with zero attached hydrogens (tertiary/aromatic N) is 4. The monoisotopic (exact) mass is 610 g/mol. The third kappa shape index (κ3) is 5.87. The SMILES string of the molecule is C=CCn1c(SCc2c(F)cccc2C(F)(F)F)nnc1-c1cc(-c2cc(OC)c(OC)c(OC)c2)nc2ccccc12. The second-order valence-corrected chi connectivity index (χ2v) is 10.2. The van der Waals surface area contributed by atoms with E-state index < -0.39 is 23.1 Å². The van der Waals surface area contributed by atoms with Crippen LogP contribution in [0.25, 0.3) is 33.5 Å². The van der Waals surface area contributed by atoms with E-state index in [9.17, 15) is 17.6 Å². The molecule has 7 nitrogen and oxygen atoms in total. The molecule has 0 radical (unpaired) electrons. The van der Waals surface area contributed by atoms with Crippen LogP contribution in [0.5, 0.6) is 17.2 Å². The van der Waals surface area contributed by atoms with Crippen LogP contribution in [0, 0.1) is 5.82 Å². The van der Waals surface area contributed by atoms with Gasteiger partial charge in [0.05, 0.1) is 38.1 Å². The molecule has 222 valence electrons. The van der Waals surface area contributed by atoms with Crippen LogP contribution in [0.3, 0.4) is 0 Å². The summed E-state index contributed by atoms with van der Waals surface area (Å²) in [7, 11) is 4.57. The van der Waals surface area contributed by atoms with E-state index in [1.54, 1.807) is 22.8 Å². The lowest BCUT2D eigenvalue weighted by Crippen LogP contribution is -2.10. The molecule has 0 atom stereocenters. The predicted molar refractivity (Wildman–Crippen MR) is 157 cm³/mol. The number of allylic oxidation sites excluding steroid dienone is 1. The number of ether oxygens (including phenoxy) is 3. The second kappa shape index (κ2) is 12.3. The van der Waals surface area contributed by atoms with Crippen molar-refractivity contribution in [3.05, 3.63) is 90.3 Å². The summed E-state index contributed by atoms with van der Waals surface area (Å²) < 4.78 is 73.6. The number of halogens is 4. The van der Waals surface area contributed by atoms with Crippen LogP contribution in [0.15, 0.2) is 78.5 Å². The van der Waals surface area contributed by atoms with Crippen molar-refractivity contribution in [1.29, 1.82) is 0 Å². The topological polar surface area (TPSA) is 71.3 Å². The van der Waals surface area contributed by atoms with Gasteiger partial charge in [0.1, 0.15) is 5.82 Å². The van der Waals surface area contributed by atoms with E-state index in [-0.39, 0.29) is 12.3 Å². The summed E-state index contributed by atoms with van der Waals surface area (Å²) in [6, 6.07) is 15.8. The summed E-state index contributed by atoms with van der Waals surface area (Å²) >= 11 is 0.959. The molecule has 0 aliphatic rings. The van der Waals surface area contributed by atoms with Gasteiger partial charge in [-0.25, -0.2) is 9.37 Å². The number of methoxy groups -OCH3 is 3. The Morgan fingerprint density at radius 1 is 0.930 bits per heavy atom. The lowest BCUT2D eigenvalue weighted by molar-refractivity contribution is -0.138. The Bertz CT molecular complexity index is 1780. The Morgan fingerprint density at radius 2 is 1.65 bits per heavy atom. The highest BCUT2D eigenvalue weighted by molar-refractivity contribution is 7.98. The zero-order valence-corrected chi connectivity index (χ0v) is 24.2. The number of hydrogen-bond donors (Lipinski definition) is 0. The summed E-state index contributed by atoms with van der Waals surface area (Å²) in [5.74, 6) is 0.545. The van der Waals surface area contributed by atoms with Crippen molar-refractivity contribution in [1.82, 2.24) is 19.7 Å². The fourth-order valence-corrected chi connectivity index (χ4v) is 5.72. The molecule has 0 saturated carbocycles. The van der Waals surface area contributed by atoms with Crippen LogP contribution >= 0.6 is 11.8 Å². The number of hydrogen-bond acceptors (Lipinski definition) is 7. The van der Waals surface area contributed by atoms with E-state index in [0.29, 0.717) is 50.6 Å². The molecular weight excluding hydrogens is 584 g/mol. The maximum Gasteiger partial charge on any atom is 0.416 e. The van der Waals surface area contributed by atoms with Crippen LogP contribution in [0.4, 0.5) is 17.6 Å². The number of benzene rings is 3. The van der Waals surface area contributed by atoms with Gasteiger partial charge in [-0.05, 0) is 36.4 Å². The number of alkyl halides is 3. The average molecular weight is 611 g/mol. The molecular formula is C31H26F4N4O3S. The summed E-state index contributed by atoms with van der Waals surface area (Å²) in [6.45, 7) is 4.08. The summed E-state index contributed by atoms with van der Waals surface area (Å²) in [5.41, 5.74) is 1.14. The molecule has 5 rings (SSSR count). The fraction of sp³-hybridized carbons (Fsp3) is 0.194. The minimum absolute atomic E-state index is 0.254. The van der Waals surface area contributed by atoms with Gasteiger partial charge in [-0.3, -0.25) is 4.57 Å². The van der Waals surface area contributed by atoms with Gasteiger partial charge in [-0.1, -0.05) is 42.1 Å². The minimum Gasteiger partial charge on any atom is -0.493 e. The molecule has 0 aliphatic carbocycles. The second-order valence-electron chi connectivity index (χ2n) is 9.24. The molecule has 0 unspecified atom stereocenters. The Morgan fingerprint density at radius 3 is 2.30 bits per heavy atom. The van der Waals surface area contributed by atoms with Crippen LogP contribution < -0.4 is 14.2 Å². The molecule has 3 aromatic carbocycles. The molecule has 0 bridgehead atoms. The first-order valence-electron chi connectivity index (χ1n) is 12.9. The third-order valence-corrected chi connectivity index (χ3v) is 7.71. The van der Waals surface area contributed by atoms with Crippen molar-refractivity contribution >= 4 is 22.7 Å². The number of thioether (sulfide) groups is 1. The number of fused-ring (bicyclic) bond motifs is 1. The highest BCUT2D eigenvalue weighted by Crippen LogP contribution is 2.42. The van der Waals surface area contributed by atoms with E-state index in [1.165, 1.54) is 21.3 Å². The van der Waals surface area contributed by atoms with E-state index in [2.05, 4.69) is 16.8 Å². The molecule has 0 amide bonds. The summed E-state index contributed by atoms with van der Waals surface area (Å²) in [4.78, 5) is 4.86. The first-order valence-corrected chi connectivity index (χ1v) is 13.9. The minimum atomic E-state index is -4.70. The molecule has 5 aromatic rings. The van der Waals surface area contributed by atoms with Gasteiger partial charge in [-0.15, -0.1) is 16.8 Å². The van der Waals surface area contributed by atoms with Gasteiger partial charge in [0.25, 0.3) is 0 Å². The Kier molecular flexibility index (Phi) is 8.58. The predicted octanol–water partition coefficient (Wildman–Crippen LogP) is 7.82. The molecule has 0 aliphatic heterocycles. The zero-order chi connectivity index (χ0) is 30.7. The van der Waals surface area contributed by atoms with Crippen molar-refractivity contribution in [3.63, 3.8) is 0 Å². The summed E-state index contributed by atoms with van der Waals surface area (Å²) in [6.07, 6.45) is -3.07. The van der Waals surface area contributed by atoms with Crippen molar-refractivity contribution in [2.24, 2.45) is 0 Å². The first kappa shape index (κ1) is 29.9. The van der Waals surface area contributed by atoms with E-state index in [4.69, 9.17) is 19.2 Å². The van der Waals surface area contributed by atoms with Crippen molar-refractivity contribution in [3.8, 4) is 39.9 Å². The number of pyridine rings is 1. The van der Waals surface area contributed by atoms with E-state index >= 15 is 0 Å². The van der Waals surface area contributed by atoms with Crippen molar-refractivity contribution in [2.45, 2.75) is 23.6 Å². The smallest absolute Gasteiger partial charge is 0.416 e. The molecule has 0 fully saturated rings. The lowest BCUT2D eigenvalue weighted by atomic mass is 10.0. The van der Waals surface area contributed by atoms with Gasteiger partial charge in [0.2, 0.25) is 5.75 Å². The van der Waals surface area contributed by atoms with E-state index in [0.717, 1.165) is 35.3 Å². The van der Waals surface area contributed by atoms with Gasteiger partial charge in [-0.2, -0.15) is 13.2 Å². The Labute approximate surface area is 249 Å². The van der Waals surface area contributed by atoms with Gasteiger partial charge in [0.15, 0.2) is 22.5 Å². The first-order chi connectivity index (χ1) is 20.7. The molecule has 0 spiro atoms. The standard InChI is InChI=1S/C31H26F4N4O3S/c1-5-13-39-29(37-38-30(39)43-17-21-22(31(33,34)35)10-8-11-23(21)32)20-16-25(36-24-12-7-6-9-19(20)24)18-14-26(40-2)28(42-4)27(15-18)41-3/h5-12,14-16H,1,13,17H2,2-4H3. The Hall–Kier alpha value is -4.58. The van der Waals surface area contributed by atoms with Gasteiger partial charge >= 0.3 is 6.18 Å². The maximum absolute atomic E-state index is 14.5. The fourth-order valence-electron chi connectivity index (χ4n) is 4.73. The number of para-hydroxylation sites is 1. The molecule has 12 heteroatoms.